The minimum atomic E-state index is -4.96. The van der Waals surface area contributed by atoms with Crippen molar-refractivity contribution in [1.29, 1.82) is 0 Å². The topological polar surface area (TPSA) is 168 Å². The van der Waals surface area contributed by atoms with Crippen molar-refractivity contribution in [2.45, 2.75) is 0 Å². The summed E-state index contributed by atoms with van der Waals surface area (Å²) in [4.78, 5) is 34.5. The van der Waals surface area contributed by atoms with E-state index in [9.17, 15) is 18.0 Å². The van der Waals surface area contributed by atoms with Crippen molar-refractivity contribution in [1.82, 2.24) is 18.8 Å². The highest BCUT2D eigenvalue weighted by Gasteiger charge is 2.56. The molecule has 162 valence electrons. The molecule has 1 heterocycles. The number of benzene rings is 1. The van der Waals surface area contributed by atoms with Gasteiger partial charge in [-0.2, -0.15) is 13.6 Å². The first-order valence-corrected chi connectivity index (χ1v) is 9.99. The number of carbonyl (C=O) groups is 2. The van der Waals surface area contributed by atoms with Gasteiger partial charge in [0, 0.05) is 25.2 Å². The van der Waals surface area contributed by atoms with Crippen LogP contribution in [0.25, 0.3) is 0 Å². The molecular weight excluding hydrogens is 440 g/mol. The first kappa shape index (κ1) is 23.3. The Morgan fingerprint density at radius 2 is 1.63 bits per heavy atom. The second-order valence-corrected chi connectivity index (χ2v) is 8.09. The first-order chi connectivity index (χ1) is 13.9. The largest absolute Gasteiger partial charge is 0.481 e. The maximum Gasteiger partial charge on any atom is 0.443 e. The Morgan fingerprint density at radius 3 is 2.03 bits per heavy atom. The third kappa shape index (κ3) is 3.87. The van der Waals surface area contributed by atoms with Crippen LogP contribution in [-0.4, -0.2) is 63.5 Å². The number of carbonyl (C=O) groups excluding carboxylic acids is 2. The number of primary amides is 1. The number of ether oxygens (including phenoxy) is 2. The van der Waals surface area contributed by atoms with E-state index in [0.717, 1.165) is 11.0 Å². The summed E-state index contributed by atoms with van der Waals surface area (Å²) in [5.74, 6) is -1.66. The molecule has 12 nitrogen and oxygen atoms in total. The Kier molecular flexibility index (Phi) is 6.51. The number of quaternary nitrogens is 1. The van der Waals surface area contributed by atoms with Crippen LogP contribution in [0.2, 0.25) is 5.02 Å². The van der Waals surface area contributed by atoms with Crippen LogP contribution in [0, 0.1) is 0 Å². The molecule has 1 unspecified atom stereocenters. The number of rotatable bonds is 6. The van der Waals surface area contributed by atoms with Crippen molar-refractivity contribution in [2.24, 2.45) is 10.9 Å². The summed E-state index contributed by atoms with van der Waals surface area (Å²) in [6, 6.07) is 3.32. The van der Waals surface area contributed by atoms with Crippen molar-refractivity contribution in [2.75, 3.05) is 28.3 Å². The van der Waals surface area contributed by atoms with Crippen LogP contribution >= 0.6 is 11.6 Å². The maximum absolute atomic E-state index is 12.9. The van der Waals surface area contributed by atoms with Crippen molar-refractivity contribution < 1.29 is 27.5 Å². The molecule has 2 rings (SSSR count). The van der Waals surface area contributed by atoms with Gasteiger partial charge in [-0.15, -0.1) is 9.97 Å². The number of urea groups is 1. The smallest absolute Gasteiger partial charge is 0.443 e. The number of nitrogens with zero attached hydrogens (tertiary/aromatic N) is 4. The van der Waals surface area contributed by atoms with Crippen LogP contribution in [0.5, 0.6) is 11.8 Å². The molecule has 1 atom stereocenters. The van der Waals surface area contributed by atoms with Crippen molar-refractivity contribution in [3.8, 4) is 11.8 Å². The van der Waals surface area contributed by atoms with Gasteiger partial charge in [-0.1, -0.05) is 11.6 Å². The van der Waals surface area contributed by atoms with E-state index in [1.165, 1.54) is 46.5 Å². The molecule has 0 radical (unpaired) electrons. The molecule has 1 aromatic carbocycles. The Hall–Kier alpha value is -3.00. The van der Waals surface area contributed by atoms with E-state index in [0.29, 0.717) is 0 Å². The van der Waals surface area contributed by atoms with Gasteiger partial charge in [-0.3, -0.25) is 4.79 Å². The maximum atomic E-state index is 12.9. The molecule has 3 amide bonds. The number of aromatic nitrogens is 2. The highest BCUT2D eigenvalue weighted by Crippen LogP contribution is 2.40. The highest BCUT2D eigenvalue weighted by molar-refractivity contribution is 7.89. The molecule has 0 aliphatic carbocycles. The van der Waals surface area contributed by atoms with E-state index < -0.39 is 37.7 Å². The number of halogens is 1. The molecule has 0 fully saturated rings. The van der Waals surface area contributed by atoms with E-state index in [2.05, 4.69) is 9.97 Å². The van der Waals surface area contributed by atoms with Crippen molar-refractivity contribution >= 4 is 45.4 Å². The number of amides is 3. The van der Waals surface area contributed by atoms with Gasteiger partial charge in [0.25, 0.3) is 5.91 Å². The zero-order valence-electron chi connectivity index (χ0n) is 16.5. The fourth-order valence-corrected chi connectivity index (χ4v) is 3.80. The van der Waals surface area contributed by atoms with Crippen molar-refractivity contribution in [3.05, 3.63) is 34.9 Å². The third-order valence-corrected chi connectivity index (χ3v) is 5.53. The fraction of sp³-hybridized carbons (Fsp3) is 0.250. The van der Waals surface area contributed by atoms with Crippen LogP contribution in [0.3, 0.4) is 0 Å². The van der Waals surface area contributed by atoms with Gasteiger partial charge in [-0.05, 0) is 16.0 Å². The van der Waals surface area contributed by atoms with E-state index in [1.807, 2.05) is 0 Å². The van der Waals surface area contributed by atoms with Gasteiger partial charge in [0.2, 0.25) is 11.8 Å². The third-order valence-electron chi connectivity index (χ3n) is 3.99. The highest BCUT2D eigenvalue weighted by atomic mass is 35.5. The monoisotopic (exact) mass is 459 g/mol. The summed E-state index contributed by atoms with van der Waals surface area (Å²) in [7, 11) is 0.395. The molecule has 4 N–H and O–H groups in total. The predicted octanol–water partition coefficient (Wildman–Crippen LogP) is 0.770. The van der Waals surface area contributed by atoms with Crippen LogP contribution in [-0.2, 0) is 10.2 Å². The number of nitrogens with two attached hydrogens (primary N) is 2. The molecule has 0 bridgehead atoms. The second kappa shape index (κ2) is 8.39. The average Bonchev–Trinajstić information content (AvgIpc) is 2.67. The number of hydrogen-bond donors (Lipinski definition) is 2. The van der Waals surface area contributed by atoms with Crippen molar-refractivity contribution in [3.63, 3.8) is 0 Å². The summed E-state index contributed by atoms with van der Waals surface area (Å²) in [5.41, 5.74) is 4.86. The molecule has 14 heteroatoms. The Balaban J connectivity index is 3.10. The SMILES string of the molecule is COc1cc(OC)nc([N+](C(N)=O)(c2ccc(Cl)cc2C(=O)N(C)C)S(N)(=O)=O)n1. The molecule has 0 saturated carbocycles. The molecule has 30 heavy (non-hydrogen) atoms. The molecule has 0 aliphatic rings. The Bertz CT molecular complexity index is 1090. The first-order valence-electron chi connectivity index (χ1n) is 8.11. The molecular formula is C16H20ClN6O6S+. The van der Waals surface area contributed by atoms with Gasteiger partial charge >= 0.3 is 22.2 Å². The van der Waals surface area contributed by atoms with E-state index in [-0.39, 0.29) is 22.3 Å². The Morgan fingerprint density at radius 1 is 1.10 bits per heavy atom. The summed E-state index contributed by atoms with van der Waals surface area (Å²) in [6.07, 6.45) is 0. The van der Waals surface area contributed by atoms with Crippen LogP contribution < -0.4 is 24.2 Å². The molecule has 0 spiro atoms. The van der Waals surface area contributed by atoms with E-state index in [1.54, 1.807) is 0 Å². The van der Waals surface area contributed by atoms with Gasteiger partial charge in [0.05, 0.1) is 20.3 Å². The lowest BCUT2D eigenvalue weighted by atomic mass is 10.1. The van der Waals surface area contributed by atoms with Gasteiger partial charge in [0.15, 0.2) is 5.69 Å². The van der Waals surface area contributed by atoms with Gasteiger partial charge in [0.1, 0.15) is 5.56 Å². The molecule has 0 saturated heterocycles. The average molecular weight is 460 g/mol. The normalized spacial score (nSPS) is 13.3. The second-order valence-electron chi connectivity index (χ2n) is 6.08. The summed E-state index contributed by atoms with van der Waals surface area (Å²) >= 11 is 6.01. The zero-order valence-corrected chi connectivity index (χ0v) is 18.1. The number of hydrogen-bond acceptors (Lipinski definition) is 8. The minimum absolute atomic E-state index is 0.102. The van der Waals surface area contributed by atoms with Crippen LogP contribution in [0.1, 0.15) is 10.4 Å². The molecule has 1 aromatic heterocycles. The molecule has 0 aliphatic heterocycles. The Labute approximate surface area is 177 Å². The lowest BCUT2D eigenvalue weighted by Gasteiger charge is -2.29. The van der Waals surface area contributed by atoms with Gasteiger partial charge < -0.3 is 20.1 Å². The quantitative estimate of drug-likeness (QED) is 0.597. The fourth-order valence-electron chi connectivity index (χ4n) is 2.64. The van der Waals surface area contributed by atoms with Crippen LogP contribution in [0.4, 0.5) is 16.4 Å². The molecule has 2 aromatic rings. The zero-order chi connectivity index (χ0) is 22.9. The lowest BCUT2D eigenvalue weighted by Crippen LogP contribution is -2.61. The van der Waals surface area contributed by atoms with Gasteiger partial charge in [-0.25, -0.2) is 4.79 Å². The van der Waals surface area contributed by atoms with E-state index in [4.69, 9.17) is 31.9 Å². The summed E-state index contributed by atoms with van der Waals surface area (Å²) in [6.45, 7) is 0. The lowest BCUT2D eigenvalue weighted by molar-refractivity contribution is 0.0827. The standard InChI is InChI=1S/C16H19ClN6O6S/c1-22(2)14(24)10-7-9(17)5-6-11(10)23(15(18)25,30(19,26)27)16-20-12(28-3)8-13(21-16)29-4/h5-8H,1-4H3,(H3-,18,19,25,26,27)/p+1. The summed E-state index contributed by atoms with van der Waals surface area (Å²) in [5, 5.41) is 5.57. The minimum Gasteiger partial charge on any atom is -0.481 e. The predicted molar refractivity (Wildman–Crippen MR) is 109 cm³/mol. The summed E-state index contributed by atoms with van der Waals surface area (Å²) < 4.78 is 33.8. The van der Waals surface area contributed by atoms with E-state index >= 15 is 0 Å². The van der Waals surface area contributed by atoms with Crippen LogP contribution in [0.15, 0.2) is 24.3 Å². The number of methoxy groups -OCH3 is 2.